The molecule has 0 bridgehead atoms. The summed E-state index contributed by atoms with van der Waals surface area (Å²) < 4.78 is 0. The predicted octanol–water partition coefficient (Wildman–Crippen LogP) is 5.38. The van der Waals surface area contributed by atoms with Crippen molar-refractivity contribution >= 4 is 34.8 Å². The molecule has 4 aromatic carbocycles. The number of hydrogen-bond donors (Lipinski definition) is 3. The lowest BCUT2D eigenvalue weighted by Crippen LogP contribution is -2.24. The smallest absolute Gasteiger partial charge is 0.255 e. The molecule has 168 valence electrons. The minimum absolute atomic E-state index is 0.170. The second-order valence-electron chi connectivity index (χ2n) is 7.76. The number of para-hydroxylation sites is 2. The Balaban J connectivity index is 1.43. The summed E-state index contributed by atoms with van der Waals surface area (Å²) in [5, 5.41) is 5.80. The van der Waals surface area contributed by atoms with Gasteiger partial charge in [0.15, 0.2) is 0 Å². The predicted molar refractivity (Wildman–Crippen MR) is 138 cm³/mol. The Labute approximate surface area is 199 Å². The van der Waals surface area contributed by atoms with E-state index in [0.29, 0.717) is 29.1 Å². The average Bonchev–Trinajstić information content (AvgIpc) is 2.88. The molecule has 0 saturated carbocycles. The monoisotopic (exact) mass is 447 g/mol. The Morgan fingerprint density at radius 2 is 1.32 bits per heavy atom. The van der Waals surface area contributed by atoms with Crippen LogP contribution in [-0.4, -0.2) is 11.8 Å². The van der Waals surface area contributed by atoms with Crippen LogP contribution in [0.15, 0.2) is 109 Å². The molecule has 0 aromatic heterocycles. The Morgan fingerprint density at radius 3 is 2.00 bits per heavy atom. The van der Waals surface area contributed by atoms with Gasteiger partial charge in [-0.25, -0.2) is 0 Å². The van der Waals surface area contributed by atoms with Crippen LogP contribution in [0.2, 0.25) is 0 Å². The third-order valence-corrected chi connectivity index (χ3v) is 5.32. The van der Waals surface area contributed by atoms with E-state index in [9.17, 15) is 9.59 Å². The fraction of sp³-hybridized carbons (Fsp3) is 0.0345. The topological polar surface area (TPSA) is 84.2 Å². The third kappa shape index (κ3) is 5.78. The van der Waals surface area contributed by atoms with E-state index in [1.165, 1.54) is 0 Å². The lowest BCUT2D eigenvalue weighted by Gasteiger charge is -2.11. The maximum Gasteiger partial charge on any atom is 0.255 e. The van der Waals surface area contributed by atoms with E-state index in [1.54, 1.807) is 24.3 Å². The molecule has 0 radical (unpaired) electrons. The van der Waals surface area contributed by atoms with E-state index >= 15 is 0 Å². The van der Waals surface area contributed by atoms with Crippen molar-refractivity contribution in [3.8, 4) is 0 Å². The van der Waals surface area contributed by atoms with Crippen LogP contribution in [0.4, 0.5) is 11.4 Å². The number of nitrogens with one attached hydrogen (secondary N) is 2. The number of amides is 2. The summed E-state index contributed by atoms with van der Waals surface area (Å²) in [6.45, 7) is 0.339. The molecular formula is C29H25N3O2. The van der Waals surface area contributed by atoms with Crippen molar-refractivity contribution in [2.24, 2.45) is 0 Å². The first-order valence-corrected chi connectivity index (χ1v) is 11.0. The van der Waals surface area contributed by atoms with E-state index in [-0.39, 0.29) is 11.8 Å². The number of rotatable bonds is 7. The number of carbonyl (C=O) groups is 2. The Morgan fingerprint density at radius 1 is 0.706 bits per heavy atom. The summed E-state index contributed by atoms with van der Waals surface area (Å²) in [4.78, 5) is 25.6. The molecule has 4 N–H and O–H groups in total. The largest absolute Gasteiger partial charge is 0.397 e. The Bertz CT molecular complexity index is 1300. The number of nitrogen functional groups attached to an aromatic ring is 1. The molecule has 0 fully saturated rings. The van der Waals surface area contributed by atoms with Crippen molar-refractivity contribution in [1.29, 1.82) is 0 Å². The molecule has 5 nitrogen and oxygen atoms in total. The van der Waals surface area contributed by atoms with Gasteiger partial charge in [-0.15, -0.1) is 0 Å². The van der Waals surface area contributed by atoms with Gasteiger partial charge in [0.05, 0.1) is 11.4 Å². The van der Waals surface area contributed by atoms with Crippen LogP contribution in [0.25, 0.3) is 11.6 Å². The zero-order valence-electron chi connectivity index (χ0n) is 18.6. The highest BCUT2D eigenvalue weighted by Crippen LogP contribution is 2.20. The van der Waals surface area contributed by atoms with Crippen LogP contribution in [0.1, 0.15) is 27.0 Å². The quantitative estimate of drug-likeness (QED) is 0.202. The van der Waals surface area contributed by atoms with Crippen LogP contribution >= 0.6 is 0 Å². The Hall–Kier alpha value is -4.64. The van der Waals surface area contributed by atoms with E-state index in [4.69, 9.17) is 5.73 Å². The van der Waals surface area contributed by atoms with E-state index < -0.39 is 0 Å². The minimum atomic E-state index is -0.245. The highest BCUT2D eigenvalue weighted by atomic mass is 16.2. The molecule has 4 rings (SSSR count). The Kier molecular flexibility index (Phi) is 7.16. The molecule has 4 aromatic rings. The normalized spacial score (nSPS) is 11.0. The van der Waals surface area contributed by atoms with Gasteiger partial charge < -0.3 is 16.4 Å². The summed E-state index contributed by atoms with van der Waals surface area (Å²) in [6.07, 6.45) is 1.88. The van der Waals surface area contributed by atoms with Gasteiger partial charge >= 0.3 is 0 Å². The zero-order chi connectivity index (χ0) is 23.8. The molecular weight excluding hydrogens is 422 g/mol. The highest BCUT2D eigenvalue weighted by molar-refractivity contribution is 6.24. The standard InChI is InChI=1S/C29H25N3O2/c30-26-13-7-8-14-27(26)32-28(33)24-17-15-22(16-18-24)20-31-29(34)25(23-11-5-2-6-12-23)19-21-9-3-1-4-10-21/h1-19H,20,30H2,(H,31,34)(H,32,33). The summed E-state index contributed by atoms with van der Waals surface area (Å²) in [5.41, 5.74) is 10.7. The fourth-order valence-corrected chi connectivity index (χ4v) is 3.47. The first-order valence-electron chi connectivity index (χ1n) is 11.0. The first kappa shape index (κ1) is 22.6. The van der Waals surface area contributed by atoms with Crippen LogP contribution in [-0.2, 0) is 11.3 Å². The fourth-order valence-electron chi connectivity index (χ4n) is 3.47. The lowest BCUT2D eigenvalue weighted by atomic mass is 10.0. The van der Waals surface area contributed by atoms with Gasteiger partial charge in [-0.3, -0.25) is 9.59 Å². The maximum absolute atomic E-state index is 13.1. The van der Waals surface area contributed by atoms with E-state index in [2.05, 4.69) is 10.6 Å². The molecule has 0 heterocycles. The van der Waals surface area contributed by atoms with Crippen molar-refractivity contribution < 1.29 is 9.59 Å². The maximum atomic E-state index is 13.1. The van der Waals surface area contributed by atoms with Gasteiger partial charge in [0, 0.05) is 17.7 Å². The average molecular weight is 448 g/mol. The molecule has 0 aliphatic carbocycles. The number of carbonyl (C=O) groups excluding carboxylic acids is 2. The van der Waals surface area contributed by atoms with Crippen molar-refractivity contribution in [3.05, 3.63) is 131 Å². The second kappa shape index (κ2) is 10.8. The van der Waals surface area contributed by atoms with Crippen molar-refractivity contribution in [2.75, 3.05) is 11.1 Å². The molecule has 0 unspecified atom stereocenters. The van der Waals surface area contributed by atoms with Crippen LogP contribution in [0.3, 0.4) is 0 Å². The van der Waals surface area contributed by atoms with E-state index in [0.717, 1.165) is 16.7 Å². The number of hydrogen-bond acceptors (Lipinski definition) is 3. The molecule has 2 amide bonds. The van der Waals surface area contributed by atoms with Crippen molar-refractivity contribution in [2.45, 2.75) is 6.54 Å². The highest BCUT2D eigenvalue weighted by Gasteiger charge is 2.13. The second-order valence-corrected chi connectivity index (χ2v) is 7.76. The van der Waals surface area contributed by atoms with Gasteiger partial charge in [-0.1, -0.05) is 84.9 Å². The summed E-state index contributed by atoms with van der Waals surface area (Å²) in [5.74, 6) is -0.415. The third-order valence-electron chi connectivity index (χ3n) is 5.32. The minimum Gasteiger partial charge on any atom is -0.397 e. The molecule has 0 saturated heterocycles. The summed E-state index contributed by atoms with van der Waals surface area (Å²) in [6, 6.07) is 33.6. The van der Waals surface area contributed by atoms with Crippen LogP contribution < -0.4 is 16.4 Å². The van der Waals surface area contributed by atoms with E-state index in [1.807, 2.05) is 91.0 Å². The number of anilines is 2. The molecule has 0 atom stereocenters. The lowest BCUT2D eigenvalue weighted by molar-refractivity contribution is -0.115. The first-order chi connectivity index (χ1) is 16.6. The van der Waals surface area contributed by atoms with Gasteiger partial charge in [0.2, 0.25) is 0 Å². The molecule has 5 heteroatoms. The molecule has 0 aliphatic heterocycles. The molecule has 34 heavy (non-hydrogen) atoms. The summed E-state index contributed by atoms with van der Waals surface area (Å²) in [7, 11) is 0. The number of nitrogens with two attached hydrogens (primary N) is 1. The van der Waals surface area contributed by atoms with Crippen molar-refractivity contribution in [3.63, 3.8) is 0 Å². The van der Waals surface area contributed by atoms with Gasteiger partial charge in [0.1, 0.15) is 0 Å². The van der Waals surface area contributed by atoms with Crippen molar-refractivity contribution in [1.82, 2.24) is 5.32 Å². The van der Waals surface area contributed by atoms with Gasteiger partial charge in [0.25, 0.3) is 11.8 Å². The van der Waals surface area contributed by atoms with Gasteiger partial charge in [-0.2, -0.15) is 0 Å². The van der Waals surface area contributed by atoms with Crippen LogP contribution in [0, 0.1) is 0 Å². The number of benzene rings is 4. The molecule has 0 aliphatic rings. The SMILES string of the molecule is Nc1ccccc1NC(=O)c1ccc(CNC(=O)C(=Cc2ccccc2)c2ccccc2)cc1. The summed E-state index contributed by atoms with van der Waals surface area (Å²) >= 11 is 0. The van der Waals surface area contributed by atoms with Gasteiger partial charge in [-0.05, 0) is 47.0 Å². The van der Waals surface area contributed by atoms with Crippen LogP contribution in [0.5, 0.6) is 0 Å². The zero-order valence-corrected chi connectivity index (χ0v) is 18.6. The molecule has 0 spiro atoms.